The first kappa shape index (κ1) is 15.8. The van der Waals surface area contributed by atoms with Crippen LogP contribution in [-0.2, 0) is 4.79 Å². The van der Waals surface area contributed by atoms with Crippen LogP contribution in [0.15, 0.2) is 22.7 Å². The van der Waals surface area contributed by atoms with Gasteiger partial charge >= 0.3 is 5.97 Å². The van der Waals surface area contributed by atoms with Gasteiger partial charge in [-0.15, -0.1) is 0 Å². The van der Waals surface area contributed by atoms with Gasteiger partial charge in [-0.25, -0.2) is 4.39 Å². The lowest BCUT2D eigenvalue weighted by molar-refractivity contribution is -0.138. The van der Waals surface area contributed by atoms with Gasteiger partial charge < -0.3 is 5.11 Å². The minimum Gasteiger partial charge on any atom is -0.481 e. The molecule has 1 heterocycles. The first-order valence-corrected chi connectivity index (χ1v) is 8.44. The maximum Gasteiger partial charge on any atom is 0.304 e. The van der Waals surface area contributed by atoms with E-state index in [4.69, 9.17) is 5.11 Å². The highest BCUT2D eigenvalue weighted by atomic mass is 79.9. The number of benzene rings is 1. The largest absolute Gasteiger partial charge is 0.481 e. The Morgan fingerprint density at radius 3 is 3.10 bits per heavy atom. The lowest BCUT2D eigenvalue weighted by atomic mass is 10.0. The molecule has 0 aliphatic carbocycles. The number of carboxylic acids is 1. The van der Waals surface area contributed by atoms with Crippen LogP contribution >= 0.6 is 27.7 Å². The fourth-order valence-electron chi connectivity index (χ4n) is 2.57. The lowest BCUT2D eigenvalue weighted by Crippen LogP contribution is -2.45. The van der Waals surface area contributed by atoms with E-state index in [2.05, 4.69) is 20.8 Å². The molecule has 2 unspecified atom stereocenters. The molecule has 1 aliphatic heterocycles. The monoisotopic (exact) mass is 361 g/mol. The highest BCUT2D eigenvalue weighted by Gasteiger charge is 2.30. The van der Waals surface area contributed by atoms with Gasteiger partial charge in [-0.3, -0.25) is 9.69 Å². The van der Waals surface area contributed by atoms with Crippen LogP contribution in [0.1, 0.15) is 24.9 Å². The van der Waals surface area contributed by atoms with Gasteiger partial charge in [0, 0.05) is 40.2 Å². The molecule has 3 nitrogen and oxygen atoms in total. The summed E-state index contributed by atoms with van der Waals surface area (Å²) in [6.07, 6.45) is 0.104. The Balaban J connectivity index is 2.22. The Labute approximate surface area is 130 Å². The third-order valence-corrected chi connectivity index (χ3v) is 5.17. The topological polar surface area (TPSA) is 40.5 Å². The minimum absolute atomic E-state index is 0.0420. The van der Waals surface area contributed by atoms with Crippen molar-refractivity contribution in [2.24, 2.45) is 0 Å². The molecule has 1 aliphatic rings. The zero-order valence-corrected chi connectivity index (χ0v) is 13.6. The van der Waals surface area contributed by atoms with Crippen molar-refractivity contribution in [1.82, 2.24) is 4.90 Å². The first-order valence-electron chi connectivity index (χ1n) is 6.49. The second-order valence-electron chi connectivity index (χ2n) is 4.91. The van der Waals surface area contributed by atoms with Gasteiger partial charge in [0.15, 0.2) is 0 Å². The second-order valence-corrected chi connectivity index (χ2v) is 6.97. The molecule has 1 aromatic carbocycles. The molecule has 2 rings (SSSR count). The van der Waals surface area contributed by atoms with Crippen molar-refractivity contribution in [3.8, 4) is 0 Å². The van der Waals surface area contributed by atoms with Gasteiger partial charge in [-0.05, 0) is 25.1 Å². The third kappa shape index (κ3) is 3.74. The quantitative estimate of drug-likeness (QED) is 0.890. The highest BCUT2D eigenvalue weighted by molar-refractivity contribution is 9.10. The van der Waals surface area contributed by atoms with E-state index in [1.54, 1.807) is 23.9 Å². The molecule has 0 saturated carbocycles. The van der Waals surface area contributed by atoms with E-state index >= 15 is 0 Å². The minimum atomic E-state index is -0.801. The van der Waals surface area contributed by atoms with E-state index < -0.39 is 5.97 Å². The number of halogens is 2. The number of carbonyl (C=O) groups is 1. The predicted octanol–water partition coefficient (Wildman–Crippen LogP) is 3.54. The smallest absolute Gasteiger partial charge is 0.304 e. The molecular weight excluding hydrogens is 345 g/mol. The number of hydrogen-bond acceptors (Lipinski definition) is 3. The molecule has 1 fully saturated rings. The zero-order chi connectivity index (χ0) is 14.7. The van der Waals surface area contributed by atoms with Crippen molar-refractivity contribution in [2.75, 3.05) is 18.1 Å². The SMILES string of the molecule is CC(c1cc(Br)ccc1F)N1CCSCC1CC(=O)O. The van der Waals surface area contributed by atoms with E-state index in [1.807, 2.05) is 6.92 Å². The summed E-state index contributed by atoms with van der Waals surface area (Å²) in [5, 5.41) is 9.02. The molecule has 0 amide bonds. The second kappa shape index (κ2) is 6.91. The standard InChI is InChI=1S/C14H17BrFNO2S/c1-9(12-6-10(15)2-3-13(12)16)17-4-5-20-8-11(17)7-14(18)19/h2-3,6,9,11H,4-5,7-8H2,1H3,(H,18,19). The van der Waals surface area contributed by atoms with Crippen molar-refractivity contribution in [3.05, 3.63) is 34.1 Å². The lowest BCUT2D eigenvalue weighted by Gasteiger charge is -2.39. The van der Waals surface area contributed by atoms with E-state index in [0.717, 1.165) is 22.5 Å². The van der Waals surface area contributed by atoms with E-state index in [9.17, 15) is 9.18 Å². The van der Waals surface area contributed by atoms with Crippen LogP contribution < -0.4 is 0 Å². The van der Waals surface area contributed by atoms with Gasteiger partial charge in [-0.2, -0.15) is 11.8 Å². The van der Waals surface area contributed by atoms with E-state index in [0.29, 0.717) is 5.56 Å². The maximum absolute atomic E-state index is 14.0. The van der Waals surface area contributed by atoms with Crippen LogP contribution in [0.5, 0.6) is 0 Å². The summed E-state index contributed by atoms with van der Waals surface area (Å²) in [5.41, 5.74) is 0.613. The Hall–Kier alpha value is -0.590. The zero-order valence-electron chi connectivity index (χ0n) is 11.2. The molecule has 0 spiro atoms. The predicted molar refractivity (Wildman–Crippen MR) is 82.6 cm³/mol. The summed E-state index contributed by atoms with van der Waals surface area (Å²) < 4.78 is 14.8. The van der Waals surface area contributed by atoms with E-state index in [-0.39, 0.29) is 24.3 Å². The van der Waals surface area contributed by atoms with E-state index in [1.165, 1.54) is 6.07 Å². The Morgan fingerprint density at radius 1 is 1.65 bits per heavy atom. The molecule has 2 atom stereocenters. The van der Waals surface area contributed by atoms with Gasteiger partial charge in [0.1, 0.15) is 5.82 Å². The fourth-order valence-corrected chi connectivity index (χ4v) is 4.04. The van der Waals surface area contributed by atoms with Crippen molar-refractivity contribution < 1.29 is 14.3 Å². The van der Waals surface area contributed by atoms with Crippen LogP contribution in [0.25, 0.3) is 0 Å². The summed E-state index contributed by atoms with van der Waals surface area (Å²) in [4.78, 5) is 13.1. The highest BCUT2D eigenvalue weighted by Crippen LogP contribution is 2.31. The number of nitrogens with zero attached hydrogens (tertiary/aromatic N) is 1. The molecular formula is C14H17BrFNO2S. The summed E-state index contributed by atoms with van der Waals surface area (Å²) in [6, 6.07) is 4.73. The molecule has 0 bridgehead atoms. The first-order chi connectivity index (χ1) is 9.49. The molecule has 1 saturated heterocycles. The number of carboxylic acid groups (broad SMARTS) is 1. The van der Waals surface area contributed by atoms with Gasteiger partial charge in [0.25, 0.3) is 0 Å². The van der Waals surface area contributed by atoms with Gasteiger partial charge in [-0.1, -0.05) is 15.9 Å². The number of aliphatic carboxylic acids is 1. The fraction of sp³-hybridized carbons (Fsp3) is 0.500. The molecule has 0 radical (unpaired) electrons. The van der Waals surface area contributed by atoms with Gasteiger partial charge in [0.05, 0.1) is 6.42 Å². The van der Waals surface area contributed by atoms with Crippen LogP contribution in [0, 0.1) is 5.82 Å². The molecule has 110 valence electrons. The summed E-state index contributed by atoms with van der Waals surface area (Å²) in [7, 11) is 0. The van der Waals surface area contributed by atoms with Crippen LogP contribution in [0.2, 0.25) is 0 Å². The van der Waals surface area contributed by atoms with Crippen molar-refractivity contribution in [2.45, 2.75) is 25.4 Å². The molecule has 6 heteroatoms. The normalized spacial score (nSPS) is 21.6. The summed E-state index contributed by atoms with van der Waals surface area (Å²) in [5.74, 6) is 0.694. The maximum atomic E-state index is 14.0. The summed E-state index contributed by atoms with van der Waals surface area (Å²) in [6.45, 7) is 2.73. The average molecular weight is 362 g/mol. The number of rotatable bonds is 4. The summed E-state index contributed by atoms with van der Waals surface area (Å²) >= 11 is 5.12. The van der Waals surface area contributed by atoms with Crippen molar-refractivity contribution >= 4 is 33.7 Å². The van der Waals surface area contributed by atoms with Crippen molar-refractivity contribution in [3.63, 3.8) is 0 Å². The molecule has 1 N–H and O–H groups in total. The third-order valence-electron chi connectivity index (χ3n) is 3.59. The Morgan fingerprint density at radius 2 is 2.40 bits per heavy atom. The number of thioether (sulfide) groups is 1. The van der Waals surface area contributed by atoms with Crippen LogP contribution in [-0.4, -0.2) is 40.1 Å². The average Bonchev–Trinajstić information content (AvgIpc) is 2.41. The van der Waals surface area contributed by atoms with Crippen LogP contribution in [0.3, 0.4) is 0 Å². The van der Waals surface area contributed by atoms with Crippen LogP contribution in [0.4, 0.5) is 4.39 Å². The molecule has 20 heavy (non-hydrogen) atoms. The Kier molecular flexibility index (Phi) is 5.46. The van der Waals surface area contributed by atoms with Gasteiger partial charge in [0.2, 0.25) is 0 Å². The molecule has 1 aromatic rings. The number of hydrogen-bond donors (Lipinski definition) is 1. The molecule has 0 aromatic heterocycles. The van der Waals surface area contributed by atoms with Crippen molar-refractivity contribution in [1.29, 1.82) is 0 Å². The Bertz CT molecular complexity index is 500.